The smallest absolute Gasteiger partial charge is 0.233 e. The Bertz CT molecular complexity index is 557. The Kier molecular flexibility index (Phi) is 17.9. The molecule has 0 amide bonds. The van der Waals surface area contributed by atoms with E-state index in [0.29, 0.717) is 18.2 Å². The minimum atomic E-state index is -0.0803. The van der Waals surface area contributed by atoms with E-state index in [0.717, 1.165) is 13.0 Å². The molecule has 1 atom stereocenters. The minimum absolute atomic E-state index is 0.0803. The van der Waals surface area contributed by atoms with E-state index >= 15 is 0 Å². The van der Waals surface area contributed by atoms with Crippen molar-refractivity contribution in [3.8, 4) is 11.9 Å². The highest BCUT2D eigenvalue weighted by molar-refractivity contribution is 5.21. The van der Waals surface area contributed by atoms with Gasteiger partial charge in [0.25, 0.3) is 0 Å². The lowest BCUT2D eigenvalue weighted by Gasteiger charge is -2.13. The van der Waals surface area contributed by atoms with Gasteiger partial charge in [-0.15, -0.1) is 10.2 Å². The SMILES string of the molecule is CCCCCCCCCCCCCCCCCCOC[C@H](C)Oc1ccc(C#N)nn1. The zero-order valence-electron chi connectivity index (χ0n) is 20.1. The van der Waals surface area contributed by atoms with Crippen LogP contribution in [0.15, 0.2) is 12.1 Å². The van der Waals surface area contributed by atoms with E-state index in [1.165, 1.54) is 96.3 Å². The lowest BCUT2D eigenvalue weighted by Crippen LogP contribution is -2.20. The van der Waals surface area contributed by atoms with Crippen LogP contribution in [0.5, 0.6) is 5.88 Å². The molecule has 0 radical (unpaired) electrons. The Labute approximate surface area is 190 Å². The van der Waals surface area contributed by atoms with Crippen molar-refractivity contribution in [3.05, 3.63) is 17.8 Å². The molecule has 0 saturated heterocycles. The van der Waals surface area contributed by atoms with Gasteiger partial charge in [-0.1, -0.05) is 103 Å². The first-order valence-electron chi connectivity index (χ1n) is 12.7. The molecule has 0 fully saturated rings. The first-order valence-corrected chi connectivity index (χ1v) is 12.7. The van der Waals surface area contributed by atoms with Gasteiger partial charge in [-0.05, 0) is 19.4 Å². The molecule has 1 aromatic rings. The Morgan fingerprint density at radius 3 is 1.74 bits per heavy atom. The van der Waals surface area contributed by atoms with Gasteiger partial charge in [-0.3, -0.25) is 0 Å². The average molecular weight is 432 g/mol. The van der Waals surface area contributed by atoms with Gasteiger partial charge in [0.05, 0.1) is 6.61 Å². The lowest BCUT2D eigenvalue weighted by molar-refractivity contribution is 0.0540. The second-order valence-electron chi connectivity index (χ2n) is 8.68. The van der Waals surface area contributed by atoms with Crippen LogP contribution >= 0.6 is 0 Å². The van der Waals surface area contributed by atoms with Crippen LogP contribution in [-0.2, 0) is 4.74 Å². The first-order chi connectivity index (χ1) is 15.3. The normalized spacial score (nSPS) is 11.9. The molecule has 0 saturated carbocycles. The molecule has 0 bridgehead atoms. The molecule has 176 valence electrons. The number of aromatic nitrogens is 2. The summed E-state index contributed by atoms with van der Waals surface area (Å²) >= 11 is 0. The maximum atomic E-state index is 8.72. The number of hydrogen-bond donors (Lipinski definition) is 0. The highest BCUT2D eigenvalue weighted by atomic mass is 16.5. The van der Waals surface area contributed by atoms with Crippen LogP contribution in [0.1, 0.15) is 122 Å². The lowest BCUT2D eigenvalue weighted by atomic mass is 10.0. The summed E-state index contributed by atoms with van der Waals surface area (Å²) in [5, 5.41) is 16.3. The second kappa shape index (κ2) is 20.2. The van der Waals surface area contributed by atoms with Gasteiger partial charge >= 0.3 is 0 Å². The molecule has 5 heteroatoms. The predicted molar refractivity (Wildman–Crippen MR) is 127 cm³/mol. The van der Waals surface area contributed by atoms with Crippen LogP contribution in [-0.4, -0.2) is 29.5 Å². The van der Waals surface area contributed by atoms with Crippen LogP contribution in [0.25, 0.3) is 0 Å². The van der Waals surface area contributed by atoms with Crippen LogP contribution in [0.4, 0.5) is 0 Å². The highest BCUT2D eigenvalue weighted by Crippen LogP contribution is 2.14. The number of unbranched alkanes of at least 4 members (excludes halogenated alkanes) is 15. The van der Waals surface area contributed by atoms with Crippen molar-refractivity contribution in [1.82, 2.24) is 10.2 Å². The third-order valence-electron chi connectivity index (χ3n) is 5.57. The number of ether oxygens (including phenoxy) is 2. The van der Waals surface area contributed by atoms with Crippen molar-refractivity contribution >= 4 is 0 Å². The van der Waals surface area contributed by atoms with Gasteiger partial charge in [0, 0.05) is 12.7 Å². The van der Waals surface area contributed by atoms with E-state index in [1.54, 1.807) is 12.1 Å². The molecule has 31 heavy (non-hydrogen) atoms. The molecule has 0 aliphatic heterocycles. The van der Waals surface area contributed by atoms with Crippen molar-refractivity contribution in [2.75, 3.05) is 13.2 Å². The van der Waals surface area contributed by atoms with E-state index in [-0.39, 0.29) is 6.10 Å². The fourth-order valence-electron chi connectivity index (χ4n) is 3.68. The molecular formula is C26H45N3O2. The van der Waals surface area contributed by atoms with Crippen molar-refractivity contribution in [2.24, 2.45) is 0 Å². The van der Waals surface area contributed by atoms with Gasteiger partial charge in [-0.2, -0.15) is 5.26 Å². The molecule has 0 aliphatic rings. The minimum Gasteiger partial charge on any atom is -0.471 e. The van der Waals surface area contributed by atoms with Gasteiger partial charge in [0.2, 0.25) is 5.88 Å². The highest BCUT2D eigenvalue weighted by Gasteiger charge is 2.06. The fraction of sp³-hybridized carbons (Fsp3) is 0.808. The summed E-state index contributed by atoms with van der Waals surface area (Å²) in [4.78, 5) is 0. The summed E-state index contributed by atoms with van der Waals surface area (Å²) in [5.41, 5.74) is 0.291. The summed E-state index contributed by atoms with van der Waals surface area (Å²) in [7, 11) is 0. The molecule has 0 aliphatic carbocycles. The van der Waals surface area contributed by atoms with E-state index in [1.807, 2.05) is 13.0 Å². The van der Waals surface area contributed by atoms with Crippen molar-refractivity contribution in [3.63, 3.8) is 0 Å². The summed E-state index contributed by atoms with van der Waals surface area (Å²) < 4.78 is 11.3. The Balaban J connectivity index is 1.79. The molecule has 1 aromatic heterocycles. The number of rotatable bonds is 21. The molecular weight excluding hydrogens is 386 g/mol. The monoisotopic (exact) mass is 431 g/mol. The van der Waals surface area contributed by atoms with Crippen LogP contribution in [0.3, 0.4) is 0 Å². The zero-order valence-corrected chi connectivity index (χ0v) is 20.1. The molecule has 0 N–H and O–H groups in total. The van der Waals surface area contributed by atoms with Crippen LogP contribution < -0.4 is 4.74 Å². The first kappa shape index (κ1) is 27.4. The summed E-state index contributed by atoms with van der Waals surface area (Å²) in [5.74, 6) is 0.428. The van der Waals surface area contributed by atoms with Crippen LogP contribution in [0.2, 0.25) is 0 Å². The fourth-order valence-corrected chi connectivity index (χ4v) is 3.68. The van der Waals surface area contributed by atoms with E-state index in [9.17, 15) is 0 Å². The third-order valence-corrected chi connectivity index (χ3v) is 5.57. The molecule has 1 rings (SSSR count). The van der Waals surface area contributed by atoms with Gasteiger partial charge in [0.15, 0.2) is 5.69 Å². The zero-order chi connectivity index (χ0) is 22.4. The quantitative estimate of drug-likeness (QED) is 0.190. The van der Waals surface area contributed by atoms with Crippen molar-refractivity contribution in [1.29, 1.82) is 5.26 Å². The van der Waals surface area contributed by atoms with E-state index < -0.39 is 0 Å². The maximum Gasteiger partial charge on any atom is 0.233 e. The topological polar surface area (TPSA) is 68.0 Å². The standard InChI is InChI=1S/C26H45N3O2/c1-3-4-5-6-7-8-9-10-11-12-13-14-15-16-17-18-21-30-23-24(2)31-26-20-19-25(22-27)28-29-26/h19-20,24H,3-18,21,23H2,1-2H3/t24-/m0/s1. The predicted octanol–water partition coefficient (Wildman–Crippen LogP) is 7.39. The van der Waals surface area contributed by atoms with Crippen LogP contribution in [0, 0.1) is 11.3 Å². The number of hydrogen-bond acceptors (Lipinski definition) is 5. The average Bonchev–Trinajstić information content (AvgIpc) is 2.78. The van der Waals surface area contributed by atoms with Crippen molar-refractivity contribution in [2.45, 2.75) is 123 Å². The Hall–Kier alpha value is -1.67. The summed E-state index contributed by atoms with van der Waals surface area (Å²) in [6.45, 7) is 5.56. The largest absolute Gasteiger partial charge is 0.471 e. The van der Waals surface area contributed by atoms with E-state index in [4.69, 9.17) is 14.7 Å². The third kappa shape index (κ3) is 16.7. The van der Waals surface area contributed by atoms with E-state index in [2.05, 4.69) is 17.1 Å². The molecule has 1 heterocycles. The number of nitriles is 1. The van der Waals surface area contributed by atoms with Gasteiger partial charge < -0.3 is 9.47 Å². The van der Waals surface area contributed by atoms with Gasteiger partial charge in [-0.25, -0.2) is 0 Å². The molecule has 0 aromatic carbocycles. The Morgan fingerprint density at radius 2 is 1.29 bits per heavy atom. The molecule has 0 unspecified atom stereocenters. The molecule has 0 spiro atoms. The second-order valence-corrected chi connectivity index (χ2v) is 8.68. The van der Waals surface area contributed by atoms with Gasteiger partial charge in [0.1, 0.15) is 12.2 Å². The molecule has 5 nitrogen and oxygen atoms in total. The maximum absolute atomic E-state index is 8.72. The summed E-state index contributed by atoms with van der Waals surface area (Å²) in [6, 6.07) is 5.21. The number of nitrogens with zero attached hydrogens (tertiary/aromatic N) is 3. The Morgan fingerprint density at radius 1 is 0.774 bits per heavy atom. The summed E-state index contributed by atoms with van der Waals surface area (Å²) in [6.07, 6.45) is 22.0. The van der Waals surface area contributed by atoms with Crippen molar-refractivity contribution < 1.29 is 9.47 Å².